The lowest BCUT2D eigenvalue weighted by molar-refractivity contribution is -0.126. The number of anilines is 1. The number of aliphatic hydroxyl groups is 1. The number of carbonyl (C=O) groups is 1. The van der Waals surface area contributed by atoms with Crippen molar-refractivity contribution < 1.29 is 28.2 Å². The zero-order valence-corrected chi connectivity index (χ0v) is 29.5. The first-order valence-corrected chi connectivity index (χ1v) is 17.1. The van der Waals surface area contributed by atoms with Gasteiger partial charge in [-0.05, 0) is 57.0 Å². The number of aromatic nitrogens is 3. The molecule has 14 heteroatoms. The third-order valence-corrected chi connectivity index (χ3v) is 9.68. The van der Waals surface area contributed by atoms with Gasteiger partial charge in [0.1, 0.15) is 36.1 Å². The van der Waals surface area contributed by atoms with Crippen LogP contribution in [0.5, 0.6) is 5.75 Å². The number of carbonyl (C=O) groups excluding carboxylic acids is 1. The molecule has 2 unspecified atom stereocenters. The minimum absolute atomic E-state index is 0.00148. The van der Waals surface area contributed by atoms with Crippen molar-refractivity contribution in [3.8, 4) is 17.0 Å². The van der Waals surface area contributed by atoms with E-state index in [9.17, 15) is 14.7 Å². The highest BCUT2D eigenvalue weighted by Gasteiger charge is 2.37. The molecular formula is C36H41ClF2N6O5. The number of nitrogens with zero attached hydrogens (tertiary/aromatic N) is 6. The van der Waals surface area contributed by atoms with E-state index >= 15 is 8.78 Å². The molecule has 2 aromatic heterocycles. The van der Waals surface area contributed by atoms with Crippen molar-refractivity contribution in [2.75, 3.05) is 44.3 Å². The Kier molecular flexibility index (Phi) is 10.0. The molecule has 1 amide bonds. The van der Waals surface area contributed by atoms with Crippen LogP contribution in [0.4, 0.5) is 14.6 Å². The third-order valence-electron chi connectivity index (χ3n) is 9.39. The molecule has 0 saturated carbocycles. The molecule has 266 valence electrons. The summed E-state index contributed by atoms with van der Waals surface area (Å²) in [5, 5.41) is 11.9. The number of fused-ring (bicyclic) bond motifs is 4. The van der Waals surface area contributed by atoms with E-state index in [0.29, 0.717) is 37.4 Å². The maximum absolute atomic E-state index is 16.5. The van der Waals surface area contributed by atoms with Crippen LogP contribution >= 0.6 is 11.6 Å². The third kappa shape index (κ3) is 6.26. The largest absolute Gasteiger partial charge is 0.490 e. The van der Waals surface area contributed by atoms with Crippen LogP contribution in [0.2, 0.25) is 5.02 Å². The number of aliphatic hydroxyl groups excluding tert-OH is 1. The fourth-order valence-corrected chi connectivity index (χ4v) is 7.16. The Bertz CT molecular complexity index is 1970. The van der Waals surface area contributed by atoms with E-state index in [-0.39, 0.29) is 64.3 Å². The molecule has 1 N–H and O–H groups in total. The number of hydrogen-bond donors (Lipinski definition) is 1. The minimum atomic E-state index is -1.30. The molecule has 0 spiro atoms. The second kappa shape index (κ2) is 14.1. The van der Waals surface area contributed by atoms with Crippen LogP contribution in [0.1, 0.15) is 34.6 Å². The molecule has 6 rings (SSSR count). The Balaban J connectivity index is 1.69. The van der Waals surface area contributed by atoms with Crippen LogP contribution in [0.15, 0.2) is 53.5 Å². The molecule has 0 aliphatic carbocycles. The zero-order chi connectivity index (χ0) is 36.0. The predicted octanol–water partition coefficient (Wildman–Crippen LogP) is 4.86. The molecule has 3 aromatic rings. The summed E-state index contributed by atoms with van der Waals surface area (Å²) in [6.45, 7) is 14.8. The molecule has 1 fully saturated rings. The molecule has 3 aliphatic rings. The minimum Gasteiger partial charge on any atom is -0.490 e. The Morgan fingerprint density at radius 1 is 1.24 bits per heavy atom. The highest BCUT2D eigenvalue weighted by atomic mass is 35.5. The van der Waals surface area contributed by atoms with Crippen molar-refractivity contribution in [2.45, 2.75) is 58.9 Å². The summed E-state index contributed by atoms with van der Waals surface area (Å²) >= 11 is 6.22. The van der Waals surface area contributed by atoms with Crippen LogP contribution in [0.25, 0.3) is 28.0 Å². The predicted molar refractivity (Wildman–Crippen MR) is 188 cm³/mol. The van der Waals surface area contributed by atoms with Crippen molar-refractivity contribution in [3.63, 3.8) is 0 Å². The SMILES string of the molecule is C=CC(=O)N1CCN(c2nc(=O)n3c4nc(c(F)cc24)-c2c(ccc(Cl)c2F)OCC(OCC)C(O)C2=C3[C@@H](C)N(CC(C)C)C=C2)[C@@H](C)C1. The second-order valence-corrected chi connectivity index (χ2v) is 13.6. The molecule has 4 atom stereocenters. The first-order chi connectivity index (χ1) is 23.9. The van der Waals surface area contributed by atoms with E-state index in [0.717, 1.165) is 0 Å². The van der Waals surface area contributed by atoms with Gasteiger partial charge in [0.2, 0.25) is 5.91 Å². The summed E-state index contributed by atoms with van der Waals surface area (Å²) in [7, 11) is 0. The fraction of sp³-hybridized carbons (Fsp3) is 0.444. The fourth-order valence-electron chi connectivity index (χ4n) is 7.00. The van der Waals surface area contributed by atoms with Gasteiger partial charge in [0.05, 0.1) is 27.7 Å². The number of pyridine rings is 1. The quantitative estimate of drug-likeness (QED) is 0.359. The van der Waals surface area contributed by atoms with Gasteiger partial charge in [-0.2, -0.15) is 4.98 Å². The van der Waals surface area contributed by atoms with Gasteiger partial charge in [-0.3, -0.25) is 4.79 Å². The van der Waals surface area contributed by atoms with Gasteiger partial charge in [0.15, 0.2) is 17.3 Å². The van der Waals surface area contributed by atoms with Gasteiger partial charge in [-0.15, -0.1) is 0 Å². The van der Waals surface area contributed by atoms with Gasteiger partial charge in [-0.1, -0.05) is 32.0 Å². The van der Waals surface area contributed by atoms with Gasteiger partial charge in [0.25, 0.3) is 0 Å². The number of piperazine rings is 1. The summed E-state index contributed by atoms with van der Waals surface area (Å²) in [5.74, 6) is -1.73. The first kappa shape index (κ1) is 35.5. The first-order valence-electron chi connectivity index (χ1n) is 16.8. The summed E-state index contributed by atoms with van der Waals surface area (Å²) < 4.78 is 45.7. The van der Waals surface area contributed by atoms with E-state index in [4.69, 9.17) is 26.1 Å². The van der Waals surface area contributed by atoms with Crippen LogP contribution in [-0.2, 0) is 9.53 Å². The normalized spacial score (nSPS) is 22.3. The molecule has 0 radical (unpaired) electrons. The van der Waals surface area contributed by atoms with Crippen molar-refractivity contribution in [1.29, 1.82) is 0 Å². The highest BCUT2D eigenvalue weighted by molar-refractivity contribution is 6.31. The lowest BCUT2D eigenvalue weighted by atomic mass is 9.94. The number of benzene rings is 1. The zero-order valence-electron chi connectivity index (χ0n) is 28.7. The van der Waals surface area contributed by atoms with Crippen LogP contribution in [0.3, 0.4) is 0 Å². The monoisotopic (exact) mass is 710 g/mol. The van der Waals surface area contributed by atoms with Crippen molar-refractivity contribution in [1.82, 2.24) is 24.3 Å². The lowest BCUT2D eigenvalue weighted by Crippen LogP contribution is -2.54. The number of halogens is 3. The topological polar surface area (TPSA) is 113 Å². The van der Waals surface area contributed by atoms with Crippen LogP contribution in [-0.4, -0.2) is 99.0 Å². The van der Waals surface area contributed by atoms with E-state index in [1.807, 2.05) is 29.8 Å². The molecule has 3 aliphatic heterocycles. The maximum Gasteiger partial charge on any atom is 0.355 e. The Hall–Kier alpha value is -4.33. The molecule has 1 aromatic carbocycles. The Morgan fingerprint density at radius 2 is 2.00 bits per heavy atom. The van der Waals surface area contributed by atoms with E-state index in [2.05, 4.69) is 25.4 Å². The number of amides is 1. The molecular weight excluding hydrogens is 670 g/mol. The second-order valence-electron chi connectivity index (χ2n) is 13.2. The average molecular weight is 711 g/mol. The molecule has 50 heavy (non-hydrogen) atoms. The highest BCUT2D eigenvalue weighted by Crippen LogP contribution is 2.41. The van der Waals surface area contributed by atoms with Crippen molar-refractivity contribution in [2.24, 2.45) is 5.92 Å². The van der Waals surface area contributed by atoms with E-state index in [1.165, 1.54) is 28.8 Å². The Labute approximate surface area is 294 Å². The summed E-state index contributed by atoms with van der Waals surface area (Å²) in [6.07, 6.45) is 2.59. The standard InChI is InChI=1S/C36H41ClF2N6O5/c1-7-28(46)43-13-14-44(20(5)17-43)34-23-15-25(38)31-29-26(10-9-24(37)30(29)39)50-18-27(49-8-2)33(47)22-11-12-42(16-19(3)4)21(6)32(22)45(35(23)40-31)36(48)41-34/h7,9-12,15,19-21,27,33,47H,1,8,13-14,16-18H2,2-6H3/t20-,21+,27?,33?/m0/s1. The summed E-state index contributed by atoms with van der Waals surface area (Å²) in [4.78, 5) is 41.7. The molecule has 1 saturated heterocycles. The lowest BCUT2D eigenvalue weighted by Gasteiger charge is -2.41. The number of ether oxygens (including phenoxy) is 2. The number of hydrogen-bond acceptors (Lipinski definition) is 9. The Morgan fingerprint density at radius 3 is 2.68 bits per heavy atom. The van der Waals surface area contributed by atoms with Gasteiger partial charge >= 0.3 is 5.69 Å². The van der Waals surface area contributed by atoms with Crippen LogP contribution in [0, 0.1) is 17.6 Å². The van der Waals surface area contributed by atoms with E-state index < -0.39 is 41.3 Å². The van der Waals surface area contributed by atoms with Gasteiger partial charge < -0.3 is 29.3 Å². The van der Waals surface area contributed by atoms with Crippen LogP contribution < -0.4 is 15.3 Å². The van der Waals surface area contributed by atoms with E-state index in [1.54, 1.807) is 17.9 Å². The molecule has 5 heterocycles. The average Bonchev–Trinajstić information content (AvgIpc) is 3.08. The van der Waals surface area contributed by atoms with Crippen molar-refractivity contribution >= 4 is 40.1 Å². The molecule has 2 bridgehead atoms. The summed E-state index contributed by atoms with van der Waals surface area (Å²) in [6, 6.07) is 3.07. The van der Waals surface area contributed by atoms with Gasteiger partial charge in [-0.25, -0.2) is 23.1 Å². The molecule has 11 nitrogen and oxygen atoms in total. The summed E-state index contributed by atoms with van der Waals surface area (Å²) in [5.41, 5.74) is -0.741. The van der Waals surface area contributed by atoms with Gasteiger partial charge in [0, 0.05) is 50.6 Å². The number of rotatable bonds is 6. The van der Waals surface area contributed by atoms with Crippen molar-refractivity contribution in [3.05, 3.63) is 75.8 Å². The smallest absolute Gasteiger partial charge is 0.355 e. The maximum atomic E-state index is 16.5.